The van der Waals surface area contributed by atoms with Gasteiger partial charge in [0.1, 0.15) is 11.0 Å². The Morgan fingerprint density at radius 3 is 2.52 bits per heavy atom. The van der Waals surface area contributed by atoms with Crippen LogP contribution in [-0.4, -0.2) is 22.8 Å². The Labute approximate surface area is 175 Å². The van der Waals surface area contributed by atoms with Gasteiger partial charge in [-0.2, -0.15) is 0 Å². The van der Waals surface area contributed by atoms with Gasteiger partial charge >= 0.3 is 0 Å². The maximum atomic E-state index is 12.7. The summed E-state index contributed by atoms with van der Waals surface area (Å²) in [5.74, 6) is -0.503. The molecule has 0 aliphatic rings. The summed E-state index contributed by atoms with van der Waals surface area (Å²) in [7, 11) is 0. The lowest BCUT2D eigenvalue weighted by Gasteiger charge is -2.21. The zero-order valence-corrected chi connectivity index (χ0v) is 17.6. The van der Waals surface area contributed by atoms with Gasteiger partial charge in [-0.1, -0.05) is 61.9 Å². The SMILES string of the molecule is Cc1cccc(C(=O)NC(C(=O)NCc2csc(-c3ccccc3)n2)C(C)C)c1. The highest BCUT2D eigenvalue weighted by Crippen LogP contribution is 2.23. The van der Waals surface area contributed by atoms with Crippen molar-refractivity contribution in [3.8, 4) is 10.6 Å². The number of thiazole rings is 1. The molecule has 0 radical (unpaired) electrons. The molecule has 5 nitrogen and oxygen atoms in total. The fourth-order valence-corrected chi connectivity index (χ4v) is 3.76. The molecular weight excluding hydrogens is 382 g/mol. The molecule has 1 aromatic heterocycles. The number of hydrogen-bond donors (Lipinski definition) is 2. The summed E-state index contributed by atoms with van der Waals surface area (Å²) < 4.78 is 0. The number of aryl methyl sites for hydroxylation is 1. The van der Waals surface area contributed by atoms with E-state index in [0.29, 0.717) is 12.1 Å². The lowest BCUT2D eigenvalue weighted by atomic mass is 10.0. The molecule has 150 valence electrons. The van der Waals surface area contributed by atoms with Crippen LogP contribution in [-0.2, 0) is 11.3 Å². The van der Waals surface area contributed by atoms with Gasteiger partial charge in [0.05, 0.1) is 12.2 Å². The van der Waals surface area contributed by atoms with E-state index >= 15 is 0 Å². The molecule has 2 amide bonds. The zero-order valence-electron chi connectivity index (χ0n) is 16.8. The van der Waals surface area contributed by atoms with E-state index in [9.17, 15) is 9.59 Å². The number of hydrogen-bond acceptors (Lipinski definition) is 4. The van der Waals surface area contributed by atoms with Crippen molar-refractivity contribution in [2.75, 3.05) is 0 Å². The Morgan fingerprint density at radius 2 is 1.83 bits per heavy atom. The van der Waals surface area contributed by atoms with Crippen molar-refractivity contribution in [3.63, 3.8) is 0 Å². The van der Waals surface area contributed by atoms with E-state index in [2.05, 4.69) is 15.6 Å². The standard InChI is InChI=1S/C23H25N3O2S/c1-15(2)20(26-21(27)18-11-7-8-16(3)12-18)22(28)24-13-19-14-29-23(25-19)17-9-5-4-6-10-17/h4-12,14-15,20H,13H2,1-3H3,(H,24,28)(H,26,27). The summed E-state index contributed by atoms with van der Waals surface area (Å²) in [6.45, 7) is 6.08. The summed E-state index contributed by atoms with van der Waals surface area (Å²) in [4.78, 5) is 29.9. The van der Waals surface area contributed by atoms with Gasteiger partial charge in [0.25, 0.3) is 5.91 Å². The van der Waals surface area contributed by atoms with Gasteiger partial charge < -0.3 is 10.6 Å². The first kappa shape index (κ1) is 20.7. The van der Waals surface area contributed by atoms with Gasteiger partial charge in [-0.05, 0) is 25.0 Å². The van der Waals surface area contributed by atoms with Crippen molar-refractivity contribution in [2.45, 2.75) is 33.4 Å². The second-order valence-electron chi connectivity index (χ2n) is 7.29. The van der Waals surface area contributed by atoms with Crippen molar-refractivity contribution in [1.29, 1.82) is 0 Å². The second-order valence-corrected chi connectivity index (χ2v) is 8.15. The molecule has 3 rings (SSSR count). The minimum Gasteiger partial charge on any atom is -0.349 e. The van der Waals surface area contributed by atoms with Crippen LogP contribution >= 0.6 is 11.3 Å². The molecule has 1 atom stereocenters. The fraction of sp³-hybridized carbons (Fsp3) is 0.261. The van der Waals surface area contributed by atoms with E-state index in [1.807, 2.05) is 74.7 Å². The van der Waals surface area contributed by atoms with Crippen LogP contribution in [0.1, 0.15) is 35.5 Å². The van der Waals surface area contributed by atoms with E-state index < -0.39 is 6.04 Å². The molecule has 0 aliphatic heterocycles. The predicted molar refractivity (Wildman–Crippen MR) is 117 cm³/mol. The third-order valence-corrected chi connectivity index (χ3v) is 5.47. The highest BCUT2D eigenvalue weighted by atomic mass is 32.1. The number of rotatable bonds is 7. The number of nitrogens with one attached hydrogen (secondary N) is 2. The maximum Gasteiger partial charge on any atom is 0.251 e. The van der Waals surface area contributed by atoms with Crippen LogP contribution in [0.25, 0.3) is 10.6 Å². The van der Waals surface area contributed by atoms with Gasteiger partial charge in [-0.3, -0.25) is 9.59 Å². The van der Waals surface area contributed by atoms with Gasteiger partial charge in [0.2, 0.25) is 5.91 Å². The lowest BCUT2D eigenvalue weighted by Crippen LogP contribution is -2.49. The topological polar surface area (TPSA) is 71.1 Å². The van der Waals surface area contributed by atoms with Gasteiger partial charge in [-0.15, -0.1) is 11.3 Å². The molecule has 29 heavy (non-hydrogen) atoms. The second kappa shape index (κ2) is 9.47. The monoisotopic (exact) mass is 407 g/mol. The van der Waals surface area contributed by atoms with Crippen LogP contribution < -0.4 is 10.6 Å². The van der Waals surface area contributed by atoms with Crippen molar-refractivity contribution < 1.29 is 9.59 Å². The first-order chi connectivity index (χ1) is 13.9. The van der Waals surface area contributed by atoms with Gasteiger partial charge in [0.15, 0.2) is 0 Å². The number of carbonyl (C=O) groups excluding carboxylic acids is 2. The number of nitrogens with zero attached hydrogens (tertiary/aromatic N) is 1. The number of benzene rings is 2. The minimum atomic E-state index is -0.616. The zero-order chi connectivity index (χ0) is 20.8. The molecular formula is C23H25N3O2S. The van der Waals surface area contributed by atoms with Crippen LogP contribution in [0.15, 0.2) is 60.0 Å². The Kier molecular flexibility index (Phi) is 6.77. The van der Waals surface area contributed by atoms with Crippen LogP contribution in [0.3, 0.4) is 0 Å². The van der Waals surface area contributed by atoms with Crippen molar-refractivity contribution in [1.82, 2.24) is 15.6 Å². The Hall–Kier alpha value is -2.99. The molecule has 1 heterocycles. The number of amides is 2. The molecule has 0 saturated carbocycles. The Bertz CT molecular complexity index is 983. The fourth-order valence-electron chi connectivity index (χ4n) is 2.93. The smallest absolute Gasteiger partial charge is 0.251 e. The maximum absolute atomic E-state index is 12.7. The third kappa shape index (κ3) is 5.51. The normalized spacial score (nSPS) is 11.9. The summed E-state index contributed by atoms with van der Waals surface area (Å²) in [5.41, 5.74) is 3.41. The molecule has 2 aromatic carbocycles. The van der Waals surface area contributed by atoms with E-state index in [1.54, 1.807) is 17.4 Å². The Morgan fingerprint density at radius 1 is 1.07 bits per heavy atom. The highest BCUT2D eigenvalue weighted by molar-refractivity contribution is 7.13. The van der Waals surface area contributed by atoms with Crippen LogP contribution in [0, 0.1) is 12.8 Å². The highest BCUT2D eigenvalue weighted by Gasteiger charge is 2.24. The summed E-state index contributed by atoms with van der Waals surface area (Å²) >= 11 is 1.55. The molecule has 0 spiro atoms. The van der Waals surface area contributed by atoms with E-state index in [0.717, 1.165) is 21.8 Å². The van der Waals surface area contributed by atoms with Crippen molar-refractivity contribution in [3.05, 3.63) is 76.8 Å². The van der Waals surface area contributed by atoms with E-state index in [1.165, 1.54) is 0 Å². The summed E-state index contributed by atoms with van der Waals surface area (Å²) in [6, 6.07) is 16.6. The molecule has 3 aromatic rings. The minimum absolute atomic E-state index is 0.0425. The van der Waals surface area contributed by atoms with Crippen LogP contribution in [0.4, 0.5) is 0 Å². The molecule has 2 N–H and O–H groups in total. The largest absolute Gasteiger partial charge is 0.349 e. The van der Waals surface area contributed by atoms with Gasteiger partial charge in [0, 0.05) is 16.5 Å². The van der Waals surface area contributed by atoms with Crippen molar-refractivity contribution >= 4 is 23.2 Å². The van der Waals surface area contributed by atoms with E-state index in [-0.39, 0.29) is 17.7 Å². The average Bonchev–Trinajstić information content (AvgIpc) is 3.19. The van der Waals surface area contributed by atoms with Crippen LogP contribution in [0.2, 0.25) is 0 Å². The molecule has 0 aliphatic carbocycles. The van der Waals surface area contributed by atoms with Crippen LogP contribution in [0.5, 0.6) is 0 Å². The van der Waals surface area contributed by atoms with Gasteiger partial charge in [-0.25, -0.2) is 4.98 Å². The molecule has 1 unspecified atom stereocenters. The molecule has 0 fully saturated rings. The third-order valence-electron chi connectivity index (χ3n) is 4.53. The predicted octanol–water partition coefficient (Wildman–Crippen LogP) is 4.19. The van der Waals surface area contributed by atoms with Crippen molar-refractivity contribution in [2.24, 2.45) is 5.92 Å². The first-order valence-electron chi connectivity index (χ1n) is 9.59. The lowest BCUT2D eigenvalue weighted by molar-refractivity contribution is -0.124. The van der Waals surface area contributed by atoms with E-state index in [4.69, 9.17) is 0 Å². The molecule has 0 saturated heterocycles. The first-order valence-corrected chi connectivity index (χ1v) is 10.5. The number of carbonyl (C=O) groups is 2. The molecule has 6 heteroatoms. The quantitative estimate of drug-likeness (QED) is 0.617. The molecule has 0 bridgehead atoms. The Balaban J connectivity index is 1.61. The average molecular weight is 408 g/mol. The number of aromatic nitrogens is 1. The summed E-state index contributed by atoms with van der Waals surface area (Å²) in [6.07, 6.45) is 0. The summed E-state index contributed by atoms with van der Waals surface area (Å²) in [5, 5.41) is 8.62.